The van der Waals surface area contributed by atoms with Crippen LogP contribution in [0.5, 0.6) is 0 Å². The Morgan fingerprint density at radius 3 is 2.68 bits per heavy atom. The minimum Gasteiger partial charge on any atom is -0.424 e. The summed E-state index contributed by atoms with van der Waals surface area (Å²) < 4.78 is 17.1. The van der Waals surface area contributed by atoms with Gasteiger partial charge in [0.1, 0.15) is 0 Å². The molecule has 1 aromatic rings. The first-order valence-electron chi connectivity index (χ1n) is 9.48. The van der Waals surface area contributed by atoms with Crippen LogP contribution in [0.1, 0.15) is 50.3 Å². The zero-order valence-electron chi connectivity index (χ0n) is 14.6. The Kier molecular flexibility index (Phi) is 3.64. The van der Waals surface area contributed by atoms with E-state index in [9.17, 15) is 4.79 Å². The van der Waals surface area contributed by atoms with Gasteiger partial charge in [0.05, 0.1) is 17.4 Å². The fourth-order valence-corrected chi connectivity index (χ4v) is 4.66. The lowest BCUT2D eigenvalue weighted by molar-refractivity contribution is -0.141. The SMILES string of the molecule is CC1(c2nnc(C3CCOCC3)o2)CN(C(=O)C2C3CCCOC32)C1. The van der Waals surface area contributed by atoms with Crippen molar-refractivity contribution in [3.63, 3.8) is 0 Å². The van der Waals surface area contributed by atoms with Crippen molar-refractivity contribution in [1.82, 2.24) is 15.1 Å². The van der Waals surface area contributed by atoms with Gasteiger partial charge in [-0.25, -0.2) is 0 Å². The van der Waals surface area contributed by atoms with Gasteiger partial charge < -0.3 is 18.8 Å². The Labute approximate surface area is 147 Å². The summed E-state index contributed by atoms with van der Waals surface area (Å²) in [6, 6.07) is 0. The summed E-state index contributed by atoms with van der Waals surface area (Å²) in [5, 5.41) is 8.56. The highest BCUT2D eigenvalue weighted by Crippen LogP contribution is 2.50. The summed E-state index contributed by atoms with van der Waals surface area (Å²) in [4.78, 5) is 14.6. The minimum atomic E-state index is -0.215. The van der Waals surface area contributed by atoms with Gasteiger partial charge in [0, 0.05) is 44.7 Å². The molecule has 0 N–H and O–H groups in total. The fourth-order valence-electron chi connectivity index (χ4n) is 4.66. The van der Waals surface area contributed by atoms with E-state index in [1.165, 1.54) is 0 Å². The quantitative estimate of drug-likeness (QED) is 0.824. The molecule has 5 rings (SSSR count). The van der Waals surface area contributed by atoms with Crippen LogP contribution in [0.4, 0.5) is 0 Å². The molecule has 0 spiro atoms. The van der Waals surface area contributed by atoms with E-state index in [2.05, 4.69) is 17.1 Å². The van der Waals surface area contributed by atoms with E-state index in [1.54, 1.807) is 0 Å². The van der Waals surface area contributed by atoms with Gasteiger partial charge in [-0.05, 0) is 32.6 Å². The number of likely N-dealkylation sites (tertiary alicyclic amines) is 1. The summed E-state index contributed by atoms with van der Waals surface area (Å²) in [7, 11) is 0. The van der Waals surface area contributed by atoms with Crippen LogP contribution in [0.3, 0.4) is 0 Å². The third-order valence-corrected chi connectivity index (χ3v) is 6.29. The topological polar surface area (TPSA) is 77.7 Å². The Morgan fingerprint density at radius 2 is 1.96 bits per heavy atom. The highest BCUT2D eigenvalue weighted by molar-refractivity contribution is 5.84. The number of fused-ring (bicyclic) bond motifs is 1. The van der Waals surface area contributed by atoms with Crippen LogP contribution < -0.4 is 0 Å². The van der Waals surface area contributed by atoms with Crippen LogP contribution in [-0.2, 0) is 19.7 Å². The molecular weight excluding hydrogens is 322 g/mol. The molecule has 4 aliphatic rings. The second-order valence-corrected chi connectivity index (χ2v) is 8.25. The zero-order chi connectivity index (χ0) is 17.0. The third-order valence-electron chi connectivity index (χ3n) is 6.29. The van der Waals surface area contributed by atoms with E-state index in [0.717, 1.165) is 51.4 Å². The second-order valence-electron chi connectivity index (χ2n) is 8.25. The van der Waals surface area contributed by atoms with Gasteiger partial charge in [0.25, 0.3) is 0 Å². The molecule has 1 aromatic heterocycles. The lowest BCUT2D eigenvalue weighted by Crippen LogP contribution is -2.60. The predicted octanol–water partition coefficient (Wildman–Crippen LogP) is 1.49. The first-order chi connectivity index (χ1) is 12.2. The van der Waals surface area contributed by atoms with Gasteiger partial charge >= 0.3 is 0 Å². The second kappa shape index (κ2) is 5.77. The summed E-state index contributed by atoms with van der Waals surface area (Å²) in [6.07, 6.45) is 4.27. The van der Waals surface area contributed by atoms with E-state index >= 15 is 0 Å². The molecule has 1 amide bonds. The van der Waals surface area contributed by atoms with Crippen LogP contribution in [0.2, 0.25) is 0 Å². The van der Waals surface area contributed by atoms with Crippen LogP contribution in [-0.4, -0.2) is 60.0 Å². The van der Waals surface area contributed by atoms with Crippen LogP contribution in [0.25, 0.3) is 0 Å². The van der Waals surface area contributed by atoms with Crippen molar-refractivity contribution in [2.75, 3.05) is 32.9 Å². The largest absolute Gasteiger partial charge is 0.424 e. The molecule has 4 heterocycles. The third kappa shape index (κ3) is 2.59. The molecular formula is C18H25N3O4. The fraction of sp³-hybridized carbons (Fsp3) is 0.833. The lowest BCUT2D eigenvalue weighted by atomic mass is 9.81. The van der Waals surface area contributed by atoms with E-state index in [1.807, 2.05) is 4.90 Å². The normalized spacial score (nSPS) is 34.3. The molecule has 7 nitrogen and oxygen atoms in total. The molecule has 1 saturated carbocycles. The molecule has 0 radical (unpaired) electrons. The van der Waals surface area contributed by atoms with Crippen molar-refractivity contribution in [1.29, 1.82) is 0 Å². The molecule has 7 heteroatoms. The van der Waals surface area contributed by atoms with Crippen molar-refractivity contribution in [3.8, 4) is 0 Å². The van der Waals surface area contributed by atoms with Crippen molar-refractivity contribution in [2.45, 2.75) is 50.0 Å². The summed E-state index contributed by atoms with van der Waals surface area (Å²) in [5.41, 5.74) is -0.215. The number of nitrogens with zero attached hydrogens (tertiary/aromatic N) is 3. The standard InChI is InChI=1S/C18H25N3O4/c1-18(17-20-19-15(25-17)11-4-7-23-8-5-11)9-21(10-18)16(22)13-12-3-2-6-24-14(12)13/h11-14H,2-10H2,1H3. The van der Waals surface area contributed by atoms with Crippen molar-refractivity contribution < 1.29 is 18.7 Å². The van der Waals surface area contributed by atoms with E-state index in [0.29, 0.717) is 30.8 Å². The van der Waals surface area contributed by atoms with Gasteiger partial charge in [-0.2, -0.15) is 0 Å². The number of rotatable bonds is 3. The smallest absolute Gasteiger partial charge is 0.228 e. The van der Waals surface area contributed by atoms with Gasteiger partial charge in [-0.15, -0.1) is 10.2 Å². The van der Waals surface area contributed by atoms with Gasteiger partial charge in [-0.1, -0.05) is 0 Å². The number of hydrogen-bond acceptors (Lipinski definition) is 6. The van der Waals surface area contributed by atoms with Gasteiger partial charge in [-0.3, -0.25) is 4.79 Å². The Hall–Kier alpha value is -1.47. The number of carbonyl (C=O) groups is 1. The van der Waals surface area contributed by atoms with Gasteiger partial charge in [0.15, 0.2) is 0 Å². The van der Waals surface area contributed by atoms with E-state index in [4.69, 9.17) is 13.9 Å². The van der Waals surface area contributed by atoms with Crippen LogP contribution in [0, 0.1) is 11.8 Å². The Balaban J connectivity index is 1.21. The van der Waals surface area contributed by atoms with Crippen molar-refractivity contribution >= 4 is 5.91 Å². The van der Waals surface area contributed by atoms with E-state index in [-0.39, 0.29) is 23.3 Å². The van der Waals surface area contributed by atoms with Gasteiger partial charge in [0.2, 0.25) is 17.7 Å². The average molecular weight is 347 g/mol. The first kappa shape index (κ1) is 15.8. The Morgan fingerprint density at radius 1 is 1.16 bits per heavy atom. The molecule has 0 bridgehead atoms. The Bertz CT molecular complexity index is 651. The molecule has 3 saturated heterocycles. The number of amides is 1. The summed E-state index contributed by atoms with van der Waals surface area (Å²) in [5.74, 6) is 2.50. The maximum Gasteiger partial charge on any atom is 0.228 e. The van der Waals surface area contributed by atoms with Crippen molar-refractivity contribution in [2.24, 2.45) is 11.8 Å². The molecule has 3 unspecified atom stereocenters. The number of hydrogen-bond donors (Lipinski definition) is 0. The lowest BCUT2D eigenvalue weighted by Gasteiger charge is -2.45. The monoisotopic (exact) mass is 347 g/mol. The number of carbonyl (C=O) groups excluding carboxylic acids is 1. The molecule has 4 fully saturated rings. The molecule has 3 atom stereocenters. The zero-order valence-corrected chi connectivity index (χ0v) is 14.6. The number of aromatic nitrogens is 2. The molecule has 3 aliphatic heterocycles. The van der Waals surface area contributed by atoms with E-state index < -0.39 is 0 Å². The summed E-state index contributed by atoms with van der Waals surface area (Å²) >= 11 is 0. The van der Waals surface area contributed by atoms with Crippen molar-refractivity contribution in [3.05, 3.63) is 11.8 Å². The maximum atomic E-state index is 12.7. The molecule has 25 heavy (non-hydrogen) atoms. The molecule has 136 valence electrons. The summed E-state index contributed by atoms with van der Waals surface area (Å²) in [6.45, 7) is 5.75. The maximum absolute atomic E-state index is 12.7. The highest BCUT2D eigenvalue weighted by atomic mass is 16.5. The predicted molar refractivity (Wildman–Crippen MR) is 87.0 cm³/mol. The molecule has 0 aromatic carbocycles. The average Bonchev–Trinajstić information content (AvgIpc) is 3.13. The number of ether oxygens (including phenoxy) is 2. The van der Waals surface area contributed by atoms with Crippen LogP contribution in [0.15, 0.2) is 4.42 Å². The molecule has 1 aliphatic carbocycles. The van der Waals surface area contributed by atoms with Crippen LogP contribution >= 0.6 is 0 Å². The minimum absolute atomic E-state index is 0.0903. The highest BCUT2D eigenvalue weighted by Gasteiger charge is 2.60. The first-order valence-corrected chi connectivity index (χ1v) is 9.48.